The molecule has 7 nitrogen and oxygen atoms in total. The Labute approximate surface area is 342 Å². The van der Waals surface area contributed by atoms with Crippen molar-refractivity contribution in [2.75, 3.05) is 20.9 Å². The Bertz CT molecular complexity index is 2310. The van der Waals surface area contributed by atoms with Gasteiger partial charge in [0.25, 0.3) is 0 Å². The van der Waals surface area contributed by atoms with Gasteiger partial charge in [-0.3, -0.25) is 19.3 Å². The van der Waals surface area contributed by atoms with E-state index in [1.807, 2.05) is 60.7 Å². The first kappa shape index (κ1) is 39.0. The lowest BCUT2D eigenvalue weighted by atomic mass is 9.73. The Balaban J connectivity index is 0.000000170. The maximum Gasteiger partial charge on any atom is 0.224 e. The second-order valence-corrected chi connectivity index (χ2v) is 17.9. The third-order valence-corrected chi connectivity index (χ3v) is 11.6. The van der Waals surface area contributed by atoms with E-state index in [9.17, 15) is 14.4 Å². The molecule has 2 heterocycles. The summed E-state index contributed by atoms with van der Waals surface area (Å²) in [5, 5.41) is 12.6. The number of ketones is 2. The largest absolute Gasteiger partial charge is 0.372 e. The number of anilines is 4. The normalized spacial score (nSPS) is 20.9. The van der Waals surface area contributed by atoms with Crippen molar-refractivity contribution in [1.82, 2.24) is 0 Å². The van der Waals surface area contributed by atoms with E-state index in [4.69, 9.17) is 46.4 Å². The van der Waals surface area contributed by atoms with Crippen LogP contribution in [0.2, 0.25) is 20.1 Å². The van der Waals surface area contributed by atoms with E-state index < -0.39 is 6.04 Å². The number of amides is 1. The number of Topliss-reactive ketones (excluding diaryl/α,β-unsaturated/α-hetero) is 2. The fourth-order valence-corrected chi connectivity index (χ4v) is 9.24. The molecule has 55 heavy (non-hydrogen) atoms. The number of hydrogen-bond acceptors (Lipinski definition) is 6. The minimum atomic E-state index is -0.619. The van der Waals surface area contributed by atoms with Crippen molar-refractivity contribution in [1.29, 1.82) is 0 Å². The summed E-state index contributed by atoms with van der Waals surface area (Å²) in [5.74, 6) is 0.0144. The molecule has 1 amide bonds. The number of para-hydroxylation sites is 4. The van der Waals surface area contributed by atoms with Gasteiger partial charge in [0, 0.05) is 62.4 Å². The van der Waals surface area contributed by atoms with Gasteiger partial charge in [0.05, 0.1) is 34.8 Å². The third kappa shape index (κ3) is 7.90. The van der Waals surface area contributed by atoms with Crippen LogP contribution in [0.4, 0.5) is 22.7 Å². The second-order valence-electron chi connectivity index (χ2n) is 16.2. The molecular formula is C44H42Cl4N4O3. The van der Waals surface area contributed by atoms with E-state index >= 15 is 0 Å². The third-order valence-electron chi connectivity index (χ3n) is 10.5. The van der Waals surface area contributed by atoms with E-state index in [-0.39, 0.29) is 34.3 Å². The van der Waals surface area contributed by atoms with Crippen LogP contribution in [0.3, 0.4) is 0 Å². The van der Waals surface area contributed by atoms with E-state index in [1.165, 1.54) is 6.92 Å². The molecule has 0 bridgehead atoms. The SMILES string of the molecule is CC(=O)N1c2ccccc2NC2=C(C(=O)CC(C)(C)C2)C1c1ccc(Cl)cc1Cl.CC1(C)CC(=O)C2=C(C1)Nc1ccccc1NC2c1ccc(Cl)cc1Cl. The average molecular weight is 817 g/mol. The minimum Gasteiger partial charge on any atom is -0.372 e. The number of allylic oxidation sites excluding steroid dienone is 2. The van der Waals surface area contributed by atoms with Crippen molar-refractivity contribution in [3.63, 3.8) is 0 Å². The van der Waals surface area contributed by atoms with Gasteiger partial charge in [-0.05, 0) is 83.3 Å². The first-order valence-corrected chi connectivity index (χ1v) is 19.7. The van der Waals surface area contributed by atoms with Crippen molar-refractivity contribution >= 4 is 86.6 Å². The standard InChI is InChI=1S/C23H22Cl2N2O2.C21H20Cl2N2O/c1-13(28)27-19-7-5-4-6-17(19)26-18-11-23(2,3)12-20(29)21(18)22(27)15-9-8-14(24)10-16(15)25;1-21(2)10-17-19(18(26)11-21)20(13-8-7-12(22)9-14(13)23)25-16-6-4-3-5-15(16)24-17/h4-10,22,26H,11-12H2,1-3H3;3-9,20,24-25H,10-11H2,1-2H3. The summed E-state index contributed by atoms with van der Waals surface area (Å²) >= 11 is 25.3. The van der Waals surface area contributed by atoms with Crippen molar-refractivity contribution in [3.8, 4) is 0 Å². The molecule has 4 aromatic carbocycles. The first-order valence-electron chi connectivity index (χ1n) is 18.2. The van der Waals surface area contributed by atoms with Crippen LogP contribution in [-0.4, -0.2) is 17.5 Å². The van der Waals surface area contributed by atoms with Crippen LogP contribution in [0.1, 0.15) is 83.5 Å². The molecule has 2 aliphatic carbocycles. The zero-order valence-electron chi connectivity index (χ0n) is 31.2. The topological polar surface area (TPSA) is 90.5 Å². The molecule has 284 valence electrons. The molecular weight excluding hydrogens is 774 g/mol. The molecule has 11 heteroatoms. The Morgan fingerprint density at radius 1 is 0.636 bits per heavy atom. The van der Waals surface area contributed by atoms with Crippen LogP contribution in [-0.2, 0) is 14.4 Å². The molecule has 4 aliphatic rings. The molecule has 0 saturated carbocycles. The lowest BCUT2D eigenvalue weighted by Crippen LogP contribution is -2.38. The average Bonchev–Trinajstić information content (AvgIpc) is 3.33. The lowest BCUT2D eigenvalue weighted by Gasteiger charge is -2.37. The van der Waals surface area contributed by atoms with E-state index in [0.29, 0.717) is 50.5 Å². The summed E-state index contributed by atoms with van der Waals surface area (Å²) in [6.45, 7) is 9.94. The Morgan fingerprint density at radius 3 is 1.71 bits per heavy atom. The molecule has 0 radical (unpaired) electrons. The summed E-state index contributed by atoms with van der Waals surface area (Å²) in [4.78, 5) is 41.0. The van der Waals surface area contributed by atoms with Crippen LogP contribution >= 0.6 is 46.4 Å². The molecule has 3 N–H and O–H groups in total. The Hall–Kier alpha value is -4.27. The highest BCUT2D eigenvalue weighted by atomic mass is 35.5. The number of rotatable bonds is 2. The molecule has 2 atom stereocenters. The monoisotopic (exact) mass is 814 g/mol. The molecule has 4 aromatic rings. The smallest absolute Gasteiger partial charge is 0.224 e. The van der Waals surface area contributed by atoms with Crippen molar-refractivity contribution in [2.45, 2.75) is 72.4 Å². The van der Waals surface area contributed by atoms with Gasteiger partial charge < -0.3 is 16.0 Å². The second kappa shape index (κ2) is 15.0. The minimum absolute atomic E-state index is 0.0267. The van der Waals surface area contributed by atoms with Crippen molar-refractivity contribution in [3.05, 3.63) is 139 Å². The van der Waals surface area contributed by atoms with Gasteiger partial charge in [0.15, 0.2) is 11.6 Å². The molecule has 2 unspecified atom stereocenters. The van der Waals surface area contributed by atoms with Crippen LogP contribution in [0, 0.1) is 10.8 Å². The van der Waals surface area contributed by atoms with Gasteiger partial charge in [0.2, 0.25) is 5.91 Å². The van der Waals surface area contributed by atoms with E-state index in [0.717, 1.165) is 51.7 Å². The molecule has 8 rings (SSSR count). The zero-order chi connectivity index (χ0) is 39.4. The summed E-state index contributed by atoms with van der Waals surface area (Å²) in [5.41, 5.74) is 7.92. The predicted octanol–water partition coefficient (Wildman–Crippen LogP) is 12.4. The molecule has 0 spiro atoms. The number of benzene rings is 4. The quantitative estimate of drug-likeness (QED) is 0.187. The van der Waals surface area contributed by atoms with Gasteiger partial charge in [-0.1, -0.05) is 110 Å². The lowest BCUT2D eigenvalue weighted by molar-refractivity contribution is -0.119. The first-order chi connectivity index (χ1) is 26.0. The number of fused-ring (bicyclic) bond motifs is 2. The summed E-state index contributed by atoms with van der Waals surface area (Å²) in [6, 6.07) is 25.3. The van der Waals surface area contributed by atoms with Crippen LogP contribution in [0.5, 0.6) is 0 Å². The fraction of sp³-hybridized carbons (Fsp3) is 0.295. The number of halogens is 4. The zero-order valence-corrected chi connectivity index (χ0v) is 34.3. The molecule has 0 fully saturated rings. The highest BCUT2D eigenvalue weighted by Gasteiger charge is 2.43. The summed E-state index contributed by atoms with van der Waals surface area (Å²) in [7, 11) is 0. The molecule has 0 aromatic heterocycles. The number of hydrogen-bond donors (Lipinski definition) is 3. The Kier molecular flexibility index (Phi) is 10.6. The van der Waals surface area contributed by atoms with E-state index in [1.54, 1.807) is 29.2 Å². The van der Waals surface area contributed by atoms with Crippen LogP contribution in [0.15, 0.2) is 107 Å². The van der Waals surface area contributed by atoms with Gasteiger partial charge in [-0.2, -0.15) is 0 Å². The van der Waals surface area contributed by atoms with Crippen LogP contribution < -0.4 is 20.9 Å². The Morgan fingerprint density at radius 2 is 1.13 bits per heavy atom. The van der Waals surface area contributed by atoms with Gasteiger partial charge in [-0.15, -0.1) is 0 Å². The van der Waals surface area contributed by atoms with E-state index in [2.05, 4.69) is 43.6 Å². The number of carbonyl (C=O) groups is 3. The maximum atomic E-state index is 13.4. The highest BCUT2D eigenvalue weighted by Crippen LogP contribution is 2.50. The number of nitrogens with zero attached hydrogens (tertiary/aromatic N) is 1. The van der Waals surface area contributed by atoms with Gasteiger partial charge in [-0.25, -0.2) is 0 Å². The number of carbonyl (C=O) groups excluding carboxylic acids is 3. The highest BCUT2D eigenvalue weighted by molar-refractivity contribution is 6.36. The summed E-state index contributed by atoms with van der Waals surface area (Å²) < 4.78 is 0. The molecule has 2 aliphatic heterocycles. The van der Waals surface area contributed by atoms with Crippen molar-refractivity contribution in [2.24, 2.45) is 10.8 Å². The van der Waals surface area contributed by atoms with Gasteiger partial charge in [0.1, 0.15) is 0 Å². The maximum absolute atomic E-state index is 13.4. The molecule has 0 saturated heterocycles. The fourth-order valence-electron chi connectivity index (χ4n) is 8.21. The summed E-state index contributed by atoms with van der Waals surface area (Å²) in [6.07, 6.45) is 2.45. The van der Waals surface area contributed by atoms with Gasteiger partial charge >= 0.3 is 0 Å². The number of nitrogens with one attached hydrogen (secondary N) is 3. The van der Waals surface area contributed by atoms with Crippen molar-refractivity contribution < 1.29 is 14.4 Å². The van der Waals surface area contributed by atoms with Crippen LogP contribution in [0.25, 0.3) is 0 Å². The predicted molar refractivity (Wildman–Crippen MR) is 225 cm³/mol.